The average Bonchev–Trinajstić information content (AvgIpc) is 3.07. The molecule has 2 aliphatic rings. The number of likely N-dealkylation sites (tertiary alicyclic amines) is 2. The summed E-state index contributed by atoms with van der Waals surface area (Å²) in [4.78, 5) is 16.7. The second-order valence-electron chi connectivity index (χ2n) is 6.41. The van der Waals surface area contributed by atoms with Crippen molar-refractivity contribution in [2.75, 3.05) is 39.9 Å². The van der Waals surface area contributed by atoms with Gasteiger partial charge in [-0.15, -0.1) is 0 Å². The number of hydrogen-bond donors (Lipinski definition) is 0. The molecule has 2 atom stereocenters. The van der Waals surface area contributed by atoms with E-state index in [1.165, 1.54) is 0 Å². The van der Waals surface area contributed by atoms with E-state index in [2.05, 4.69) is 15.9 Å². The Hall–Kier alpha value is -1.59. The summed E-state index contributed by atoms with van der Waals surface area (Å²) in [5.74, 6) is 1.79. The van der Waals surface area contributed by atoms with E-state index >= 15 is 0 Å². The van der Waals surface area contributed by atoms with Crippen molar-refractivity contribution in [3.8, 4) is 0 Å². The fraction of sp³-hybridized carbons (Fsp3) is 0.611. The molecule has 2 saturated heterocycles. The Morgan fingerprint density at radius 2 is 2.35 bits per heavy atom. The summed E-state index contributed by atoms with van der Waals surface area (Å²) >= 11 is 0. The van der Waals surface area contributed by atoms with Crippen LogP contribution in [0.2, 0.25) is 0 Å². The van der Waals surface area contributed by atoms with Crippen LogP contribution < -0.4 is 0 Å². The highest BCUT2D eigenvalue weighted by Gasteiger charge is 2.38. The number of hydrogen-bond acceptors (Lipinski definition) is 4. The van der Waals surface area contributed by atoms with Gasteiger partial charge in [0.25, 0.3) is 0 Å². The van der Waals surface area contributed by atoms with Crippen molar-refractivity contribution >= 4 is 12.0 Å². The van der Waals surface area contributed by atoms with Crippen LogP contribution in [0.25, 0.3) is 6.08 Å². The molecule has 0 saturated carbocycles. The molecule has 0 unspecified atom stereocenters. The number of ether oxygens (including phenoxy) is 1. The molecule has 1 aromatic rings. The van der Waals surface area contributed by atoms with Crippen LogP contribution in [-0.2, 0) is 9.53 Å². The molecule has 3 heterocycles. The molecule has 126 valence electrons. The largest absolute Gasteiger partial charge is 0.465 e. The molecule has 0 aliphatic carbocycles. The summed E-state index contributed by atoms with van der Waals surface area (Å²) in [6.07, 6.45) is 8.65. The highest BCUT2D eigenvalue weighted by Crippen LogP contribution is 2.31. The van der Waals surface area contributed by atoms with Crippen LogP contribution in [0.15, 0.2) is 28.9 Å². The van der Waals surface area contributed by atoms with Gasteiger partial charge in [-0.25, -0.2) is 0 Å². The van der Waals surface area contributed by atoms with Gasteiger partial charge in [0.05, 0.1) is 12.9 Å². The van der Waals surface area contributed by atoms with Gasteiger partial charge in [0.2, 0.25) is 5.91 Å². The Balaban J connectivity index is 1.53. The highest BCUT2D eigenvalue weighted by atomic mass is 16.5. The van der Waals surface area contributed by atoms with E-state index in [1.54, 1.807) is 13.4 Å². The van der Waals surface area contributed by atoms with Gasteiger partial charge in [-0.3, -0.25) is 9.69 Å². The quantitative estimate of drug-likeness (QED) is 0.807. The second-order valence-corrected chi connectivity index (χ2v) is 6.41. The molecular formula is C18H26N2O3. The summed E-state index contributed by atoms with van der Waals surface area (Å²) in [5, 5.41) is 0. The normalized spacial score (nSPS) is 26.0. The number of amides is 1. The zero-order valence-electron chi connectivity index (χ0n) is 13.8. The number of fused-ring (bicyclic) bond motifs is 1. The number of carbonyl (C=O) groups is 1. The van der Waals surface area contributed by atoms with E-state index in [-0.39, 0.29) is 0 Å². The molecule has 0 radical (unpaired) electrons. The number of methoxy groups -OCH3 is 1. The molecule has 0 N–H and O–H groups in total. The molecule has 1 aromatic heterocycles. The van der Waals surface area contributed by atoms with Crippen LogP contribution in [0.4, 0.5) is 0 Å². The van der Waals surface area contributed by atoms with E-state index < -0.39 is 0 Å². The zero-order chi connectivity index (χ0) is 16.1. The van der Waals surface area contributed by atoms with Crippen molar-refractivity contribution in [3.63, 3.8) is 0 Å². The van der Waals surface area contributed by atoms with Crippen LogP contribution >= 0.6 is 0 Å². The molecule has 5 heteroatoms. The molecule has 2 fully saturated rings. The monoisotopic (exact) mass is 318 g/mol. The number of piperidine rings is 2. The van der Waals surface area contributed by atoms with Gasteiger partial charge in [-0.2, -0.15) is 0 Å². The van der Waals surface area contributed by atoms with Crippen LogP contribution in [0, 0.1) is 5.92 Å². The number of carbonyl (C=O) groups excluding carboxylic acids is 1. The molecule has 3 rings (SSSR count). The third kappa shape index (κ3) is 4.03. The molecule has 23 heavy (non-hydrogen) atoms. The lowest BCUT2D eigenvalue weighted by molar-refractivity contribution is -0.141. The Morgan fingerprint density at radius 1 is 1.43 bits per heavy atom. The lowest BCUT2D eigenvalue weighted by Gasteiger charge is -2.47. The first-order valence-corrected chi connectivity index (χ1v) is 8.48. The van der Waals surface area contributed by atoms with Gasteiger partial charge < -0.3 is 14.1 Å². The van der Waals surface area contributed by atoms with E-state index in [4.69, 9.17) is 9.15 Å². The Bertz CT molecular complexity index is 526. The minimum Gasteiger partial charge on any atom is -0.465 e. The Morgan fingerprint density at radius 3 is 3.13 bits per heavy atom. The van der Waals surface area contributed by atoms with Crippen molar-refractivity contribution < 1.29 is 13.9 Å². The van der Waals surface area contributed by atoms with Crippen molar-refractivity contribution in [2.45, 2.75) is 25.3 Å². The summed E-state index contributed by atoms with van der Waals surface area (Å²) in [7, 11) is 1.69. The maximum atomic E-state index is 12.2. The predicted molar refractivity (Wildman–Crippen MR) is 88.9 cm³/mol. The molecule has 0 aromatic carbocycles. The van der Waals surface area contributed by atoms with Gasteiger partial charge in [-0.1, -0.05) is 6.08 Å². The summed E-state index contributed by atoms with van der Waals surface area (Å²) < 4.78 is 10.5. The maximum Gasteiger partial charge on any atom is 0.222 e. The van der Waals surface area contributed by atoms with Gasteiger partial charge in [0.1, 0.15) is 5.76 Å². The smallest absolute Gasteiger partial charge is 0.222 e. The van der Waals surface area contributed by atoms with Gasteiger partial charge in [0, 0.05) is 45.8 Å². The predicted octanol–water partition coefficient (Wildman–Crippen LogP) is 2.25. The first-order valence-electron chi connectivity index (χ1n) is 8.48. The molecule has 0 spiro atoms. The third-order valence-corrected chi connectivity index (χ3v) is 4.95. The van der Waals surface area contributed by atoms with E-state index in [0.29, 0.717) is 30.9 Å². The topological polar surface area (TPSA) is 45.9 Å². The SMILES string of the molecule is COCCN1C(=O)CC[C@@H]2CN(C/C=C/c3ccco3)CC[C@@H]21. The Kier molecular flexibility index (Phi) is 5.51. The van der Waals surface area contributed by atoms with E-state index in [1.807, 2.05) is 18.2 Å². The first kappa shape index (κ1) is 16.3. The van der Waals surface area contributed by atoms with Crippen LogP contribution in [0.1, 0.15) is 25.0 Å². The standard InChI is InChI=1S/C18H26N2O3/c1-22-13-11-20-17-8-10-19(14-15(17)6-7-18(20)21)9-2-4-16-5-3-12-23-16/h2-5,12,15,17H,6-11,13-14H2,1H3/b4-2+/t15-,17+/m1/s1. The minimum atomic E-state index is 0.300. The van der Waals surface area contributed by atoms with Crippen molar-refractivity contribution in [1.29, 1.82) is 0 Å². The maximum absolute atomic E-state index is 12.2. The van der Waals surface area contributed by atoms with E-state index in [0.717, 1.165) is 44.8 Å². The van der Waals surface area contributed by atoms with Crippen molar-refractivity contribution in [2.24, 2.45) is 5.92 Å². The average molecular weight is 318 g/mol. The molecule has 2 aliphatic heterocycles. The minimum absolute atomic E-state index is 0.300. The molecule has 1 amide bonds. The molecule has 0 bridgehead atoms. The number of furan rings is 1. The summed E-state index contributed by atoms with van der Waals surface area (Å²) in [5.41, 5.74) is 0. The first-order chi connectivity index (χ1) is 11.3. The summed E-state index contributed by atoms with van der Waals surface area (Å²) in [6, 6.07) is 4.26. The van der Waals surface area contributed by atoms with Gasteiger partial charge in [0.15, 0.2) is 0 Å². The molecule has 5 nitrogen and oxygen atoms in total. The van der Waals surface area contributed by atoms with Crippen LogP contribution in [0.3, 0.4) is 0 Å². The fourth-order valence-electron chi connectivity index (χ4n) is 3.78. The lowest BCUT2D eigenvalue weighted by Crippen LogP contribution is -2.56. The molecular weight excluding hydrogens is 292 g/mol. The van der Waals surface area contributed by atoms with Crippen molar-refractivity contribution in [1.82, 2.24) is 9.80 Å². The summed E-state index contributed by atoms with van der Waals surface area (Å²) in [6.45, 7) is 4.42. The van der Waals surface area contributed by atoms with Crippen molar-refractivity contribution in [3.05, 3.63) is 30.2 Å². The van der Waals surface area contributed by atoms with E-state index in [9.17, 15) is 4.79 Å². The fourth-order valence-corrected chi connectivity index (χ4v) is 3.78. The lowest BCUT2D eigenvalue weighted by atomic mass is 9.83. The second kappa shape index (κ2) is 7.79. The Labute approximate surface area is 137 Å². The van der Waals surface area contributed by atoms with Gasteiger partial charge >= 0.3 is 0 Å². The third-order valence-electron chi connectivity index (χ3n) is 4.95. The van der Waals surface area contributed by atoms with Gasteiger partial charge in [-0.05, 0) is 37.0 Å². The number of nitrogens with zero attached hydrogens (tertiary/aromatic N) is 2. The highest BCUT2D eigenvalue weighted by molar-refractivity contribution is 5.77. The zero-order valence-corrected chi connectivity index (χ0v) is 13.8. The van der Waals surface area contributed by atoms with Crippen LogP contribution in [0.5, 0.6) is 0 Å². The number of rotatable bonds is 6. The van der Waals surface area contributed by atoms with Crippen LogP contribution in [-0.4, -0.2) is 61.6 Å².